The van der Waals surface area contributed by atoms with Gasteiger partial charge in [0.05, 0.1) is 0 Å². The van der Waals surface area contributed by atoms with E-state index in [1.165, 1.54) is 37.7 Å². The van der Waals surface area contributed by atoms with Crippen LogP contribution in [0, 0.1) is 17.8 Å². The number of amides is 1. The molecule has 130 valence electrons. The third-order valence-electron chi connectivity index (χ3n) is 6.85. The van der Waals surface area contributed by atoms with Crippen molar-refractivity contribution in [2.45, 2.75) is 56.9 Å². The lowest BCUT2D eigenvalue weighted by molar-refractivity contribution is -0.131. The number of nitrogens with two attached hydrogens (primary N) is 1. The summed E-state index contributed by atoms with van der Waals surface area (Å²) in [6.45, 7) is 1.89. The van der Waals surface area contributed by atoms with Gasteiger partial charge < -0.3 is 10.6 Å². The Kier molecular flexibility index (Phi) is 4.62. The number of fused-ring (bicyclic) bond motifs is 1. The zero-order valence-corrected chi connectivity index (χ0v) is 14.6. The smallest absolute Gasteiger partial charge is 0.222 e. The second-order valence-corrected chi connectivity index (χ2v) is 8.30. The fraction of sp³-hybridized carbons (Fsp3) is 0.667. The first-order valence-corrected chi connectivity index (χ1v) is 9.79. The molecule has 2 aliphatic carbocycles. The van der Waals surface area contributed by atoms with Gasteiger partial charge in [0.15, 0.2) is 0 Å². The molecule has 3 nitrogen and oxygen atoms in total. The van der Waals surface area contributed by atoms with E-state index in [1.807, 2.05) is 0 Å². The van der Waals surface area contributed by atoms with E-state index in [0.29, 0.717) is 35.6 Å². The highest BCUT2D eigenvalue weighted by Crippen LogP contribution is 2.39. The summed E-state index contributed by atoms with van der Waals surface area (Å²) in [7, 11) is 0. The lowest BCUT2D eigenvalue weighted by Gasteiger charge is -2.30. The van der Waals surface area contributed by atoms with Crippen LogP contribution in [0.25, 0.3) is 0 Å². The van der Waals surface area contributed by atoms with E-state index in [2.05, 4.69) is 35.2 Å². The summed E-state index contributed by atoms with van der Waals surface area (Å²) in [6, 6.07) is 11.2. The summed E-state index contributed by atoms with van der Waals surface area (Å²) >= 11 is 0. The van der Waals surface area contributed by atoms with Gasteiger partial charge in [0.1, 0.15) is 0 Å². The molecule has 3 unspecified atom stereocenters. The SMILES string of the molecule is NC1CCC2CN(C(=O)CC3CCC(c4ccccc4)CC3)CC12. The number of rotatable bonds is 3. The van der Waals surface area contributed by atoms with Crippen molar-refractivity contribution in [3.05, 3.63) is 35.9 Å². The van der Waals surface area contributed by atoms with Gasteiger partial charge in [-0.3, -0.25) is 4.79 Å². The van der Waals surface area contributed by atoms with Gasteiger partial charge in [-0.05, 0) is 67.8 Å². The average Bonchev–Trinajstić information content (AvgIpc) is 3.19. The molecule has 4 rings (SSSR count). The van der Waals surface area contributed by atoms with Gasteiger partial charge in [0.25, 0.3) is 0 Å². The van der Waals surface area contributed by atoms with Crippen molar-refractivity contribution >= 4 is 5.91 Å². The van der Waals surface area contributed by atoms with E-state index in [4.69, 9.17) is 5.73 Å². The van der Waals surface area contributed by atoms with Crippen molar-refractivity contribution in [3.63, 3.8) is 0 Å². The fourth-order valence-corrected chi connectivity index (χ4v) is 5.31. The molecule has 2 N–H and O–H groups in total. The van der Waals surface area contributed by atoms with E-state index in [9.17, 15) is 4.79 Å². The zero-order chi connectivity index (χ0) is 16.5. The summed E-state index contributed by atoms with van der Waals surface area (Å²) < 4.78 is 0. The summed E-state index contributed by atoms with van der Waals surface area (Å²) in [5, 5.41) is 0. The number of carbonyl (C=O) groups excluding carboxylic acids is 1. The maximum absolute atomic E-state index is 12.7. The predicted octanol–water partition coefficient (Wildman–Crippen LogP) is 3.55. The number of hydrogen-bond acceptors (Lipinski definition) is 2. The van der Waals surface area contributed by atoms with Gasteiger partial charge in [-0.25, -0.2) is 0 Å². The summed E-state index contributed by atoms with van der Waals surface area (Å²) in [4.78, 5) is 14.8. The average molecular weight is 326 g/mol. The van der Waals surface area contributed by atoms with Crippen molar-refractivity contribution in [2.24, 2.45) is 23.5 Å². The first-order chi connectivity index (χ1) is 11.7. The molecule has 0 aromatic heterocycles. The molecule has 3 heteroatoms. The summed E-state index contributed by atoms with van der Waals surface area (Å²) in [5.41, 5.74) is 7.67. The quantitative estimate of drug-likeness (QED) is 0.923. The van der Waals surface area contributed by atoms with Crippen molar-refractivity contribution < 1.29 is 4.79 Å². The monoisotopic (exact) mass is 326 g/mol. The Morgan fingerprint density at radius 2 is 1.75 bits per heavy atom. The van der Waals surface area contributed by atoms with Crippen LogP contribution in [0.15, 0.2) is 30.3 Å². The third-order valence-corrected chi connectivity index (χ3v) is 6.85. The van der Waals surface area contributed by atoms with Gasteiger partial charge in [-0.15, -0.1) is 0 Å². The highest BCUT2D eigenvalue weighted by molar-refractivity contribution is 5.76. The van der Waals surface area contributed by atoms with Crippen molar-refractivity contribution in [1.29, 1.82) is 0 Å². The minimum atomic E-state index is 0.328. The number of carbonyl (C=O) groups is 1. The molecule has 1 aliphatic heterocycles. The second kappa shape index (κ2) is 6.87. The molecule has 1 aromatic rings. The van der Waals surface area contributed by atoms with Gasteiger partial charge >= 0.3 is 0 Å². The standard InChI is InChI=1S/C21H30N2O/c22-20-11-10-18-13-23(14-19(18)20)21(24)12-15-6-8-17(9-7-15)16-4-2-1-3-5-16/h1-5,15,17-20H,6-14,22H2. The molecule has 1 amide bonds. The van der Waals surface area contributed by atoms with E-state index in [1.54, 1.807) is 0 Å². The predicted molar refractivity (Wildman–Crippen MR) is 96.5 cm³/mol. The van der Waals surface area contributed by atoms with Gasteiger partial charge in [0.2, 0.25) is 5.91 Å². The second-order valence-electron chi connectivity index (χ2n) is 8.30. The van der Waals surface area contributed by atoms with Crippen LogP contribution in [0.2, 0.25) is 0 Å². The molecule has 1 heterocycles. The molecule has 2 saturated carbocycles. The van der Waals surface area contributed by atoms with Crippen LogP contribution in [0.4, 0.5) is 0 Å². The van der Waals surface area contributed by atoms with Crippen LogP contribution in [0.1, 0.15) is 56.4 Å². The number of benzene rings is 1. The van der Waals surface area contributed by atoms with Crippen molar-refractivity contribution in [1.82, 2.24) is 4.90 Å². The Balaban J connectivity index is 1.26. The first-order valence-electron chi connectivity index (χ1n) is 9.79. The molecule has 3 aliphatic rings. The molecule has 3 atom stereocenters. The topological polar surface area (TPSA) is 46.3 Å². The third kappa shape index (κ3) is 3.23. The molecule has 3 fully saturated rings. The van der Waals surface area contributed by atoms with Crippen LogP contribution in [0.5, 0.6) is 0 Å². The van der Waals surface area contributed by atoms with Gasteiger partial charge in [-0.1, -0.05) is 30.3 Å². The maximum Gasteiger partial charge on any atom is 0.222 e. The molecule has 0 bridgehead atoms. The fourth-order valence-electron chi connectivity index (χ4n) is 5.31. The molecule has 1 saturated heterocycles. The number of hydrogen-bond donors (Lipinski definition) is 1. The summed E-state index contributed by atoms with van der Waals surface area (Å²) in [5.74, 6) is 2.92. The molecule has 1 aromatic carbocycles. The molecule has 0 radical (unpaired) electrons. The highest BCUT2D eigenvalue weighted by Gasteiger charge is 2.42. The van der Waals surface area contributed by atoms with Crippen LogP contribution < -0.4 is 5.73 Å². The van der Waals surface area contributed by atoms with Crippen molar-refractivity contribution in [2.75, 3.05) is 13.1 Å². The van der Waals surface area contributed by atoms with E-state index in [0.717, 1.165) is 25.9 Å². The normalized spacial score (nSPS) is 35.9. The van der Waals surface area contributed by atoms with Crippen LogP contribution >= 0.6 is 0 Å². The Bertz CT molecular complexity index is 564. The largest absolute Gasteiger partial charge is 0.342 e. The maximum atomic E-state index is 12.7. The van der Waals surface area contributed by atoms with Crippen molar-refractivity contribution in [3.8, 4) is 0 Å². The van der Waals surface area contributed by atoms with Crippen LogP contribution in [-0.2, 0) is 4.79 Å². The summed E-state index contributed by atoms with van der Waals surface area (Å²) in [6.07, 6.45) is 8.00. The molecule has 24 heavy (non-hydrogen) atoms. The molecular formula is C21H30N2O. The minimum absolute atomic E-state index is 0.328. The lowest BCUT2D eigenvalue weighted by atomic mass is 9.77. The van der Waals surface area contributed by atoms with Gasteiger partial charge in [0, 0.05) is 25.6 Å². The zero-order valence-electron chi connectivity index (χ0n) is 14.6. The highest BCUT2D eigenvalue weighted by atomic mass is 16.2. The lowest BCUT2D eigenvalue weighted by Crippen LogP contribution is -2.34. The number of nitrogens with zero attached hydrogens (tertiary/aromatic N) is 1. The molecular weight excluding hydrogens is 296 g/mol. The van der Waals surface area contributed by atoms with Gasteiger partial charge in [-0.2, -0.15) is 0 Å². The van der Waals surface area contributed by atoms with Crippen LogP contribution in [-0.4, -0.2) is 29.9 Å². The Morgan fingerprint density at radius 1 is 1.00 bits per heavy atom. The van der Waals surface area contributed by atoms with Crippen LogP contribution in [0.3, 0.4) is 0 Å². The Labute approximate surface area is 145 Å². The molecule has 0 spiro atoms. The van der Waals surface area contributed by atoms with E-state index in [-0.39, 0.29) is 0 Å². The van der Waals surface area contributed by atoms with E-state index < -0.39 is 0 Å². The van der Waals surface area contributed by atoms with E-state index >= 15 is 0 Å². The Hall–Kier alpha value is -1.35. The number of likely N-dealkylation sites (tertiary alicyclic amines) is 1. The first kappa shape index (κ1) is 16.1. The Morgan fingerprint density at radius 3 is 2.46 bits per heavy atom. The minimum Gasteiger partial charge on any atom is -0.342 e.